The van der Waals surface area contributed by atoms with Gasteiger partial charge in [0.25, 0.3) is 0 Å². The molecule has 3 nitrogen and oxygen atoms in total. The van der Waals surface area contributed by atoms with Crippen LogP contribution in [0, 0.1) is 11.7 Å². The van der Waals surface area contributed by atoms with Crippen molar-refractivity contribution in [2.45, 2.75) is 18.8 Å². The Morgan fingerprint density at radius 2 is 1.84 bits per heavy atom. The summed E-state index contributed by atoms with van der Waals surface area (Å²) in [5, 5.41) is 0. The predicted molar refractivity (Wildman–Crippen MR) is 69.3 cm³/mol. The number of ether oxygens (including phenoxy) is 1. The zero-order chi connectivity index (χ0) is 13.2. The highest BCUT2D eigenvalue weighted by molar-refractivity contribution is 5.84. The smallest absolute Gasteiger partial charge is 0.230 e. The van der Waals surface area contributed by atoms with Crippen molar-refractivity contribution in [3.8, 4) is 0 Å². The second kappa shape index (κ2) is 5.29. The highest BCUT2D eigenvalue weighted by atomic mass is 19.1. The summed E-state index contributed by atoms with van der Waals surface area (Å²) >= 11 is 0. The number of benzene rings is 1. The van der Waals surface area contributed by atoms with Crippen LogP contribution >= 0.6 is 0 Å². The molecule has 102 valence electrons. The summed E-state index contributed by atoms with van der Waals surface area (Å²) in [6.45, 7) is 2.57. The molecule has 0 spiro atoms. The number of hydrogen-bond acceptors (Lipinski definition) is 2. The van der Waals surface area contributed by atoms with E-state index in [4.69, 9.17) is 4.74 Å². The minimum absolute atomic E-state index is 0.0984. The lowest BCUT2D eigenvalue weighted by molar-refractivity contribution is -0.137. The summed E-state index contributed by atoms with van der Waals surface area (Å²) in [6.07, 6.45) is 2.19. The van der Waals surface area contributed by atoms with Gasteiger partial charge in [0.2, 0.25) is 5.91 Å². The first-order valence-corrected chi connectivity index (χ1v) is 6.88. The van der Waals surface area contributed by atoms with Gasteiger partial charge in [-0.2, -0.15) is 0 Å². The van der Waals surface area contributed by atoms with E-state index in [1.54, 1.807) is 12.1 Å². The van der Waals surface area contributed by atoms with Crippen LogP contribution < -0.4 is 0 Å². The third kappa shape index (κ3) is 2.78. The standard InChI is InChI=1S/C15H18FNO2/c16-13-5-3-12(4-6-13)14(11-1-2-11)15(18)17-7-9-19-10-8-17/h3-6,11,14H,1-2,7-10H2/t14-/m0/s1. The molecule has 0 unspecified atom stereocenters. The average Bonchev–Trinajstić information content (AvgIpc) is 3.27. The minimum atomic E-state index is -0.253. The number of nitrogens with zero attached hydrogens (tertiary/aromatic N) is 1. The zero-order valence-corrected chi connectivity index (χ0v) is 10.8. The number of carbonyl (C=O) groups is 1. The SMILES string of the molecule is O=C([C@H](c1ccc(F)cc1)C1CC1)N1CCOCC1. The number of rotatable bonds is 3. The average molecular weight is 263 g/mol. The van der Waals surface area contributed by atoms with E-state index >= 15 is 0 Å². The maximum Gasteiger partial charge on any atom is 0.230 e. The predicted octanol–water partition coefficient (Wildman–Crippen LogP) is 2.18. The van der Waals surface area contributed by atoms with Gasteiger partial charge < -0.3 is 9.64 Å². The summed E-state index contributed by atoms with van der Waals surface area (Å²) in [4.78, 5) is 14.5. The summed E-state index contributed by atoms with van der Waals surface area (Å²) in [7, 11) is 0. The maximum absolute atomic E-state index is 13.0. The molecule has 3 rings (SSSR count). The van der Waals surface area contributed by atoms with Crippen LogP contribution in [0.4, 0.5) is 4.39 Å². The first-order valence-electron chi connectivity index (χ1n) is 6.88. The van der Waals surface area contributed by atoms with E-state index in [0.717, 1.165) is 18.4 Å². The molecule has 1 aliphatic heterocycles. The molecule has 0 bridgehead atoms. The van der Waals surface area contributed by atoms with Crippen molar-refractivity contribution in [2.24, 2.45) is 5.92 Å². The van der Waals surface area contributed by atoms with E-state index in [0.29, 0.717) is 32.2 Å². The first-order chi connectivity index (χ1) is 9.25. The lowest BCUT2D eigenvalue weighted by Crippen LogP contribution is -2.43. The summed E-state index contributed by atoms with van der Waals surface area (Å²) < 4.78 is 18.3. The van der Waals surface area contributed by atoms with Crippen molar-refractivity contribution in [2.75, 3.05) is 26.3 Å². The fourth-order valence-electron chi connectivity index (χ4n) is 2.70. The van der Waals surface area contributed by atoms with Gasteiger partial charge in [0.15, 0.2) is 0 Å². The molecule has 1 aliphatic carbocycles. The highest BCUT2D eigenvalue weighted by Gasteiger charge is 2.39. The molecule has 0 radical (unpaired) electrons. The van der Waals surface area contributed by atoms with Gasteiger partial charge in [0.05, 0.1) is 19.1 Å². The monoisotopic (exact) mass is 263 g/mol. The Kier molecular flexibility index (Phi) is 3.51. The molecule has 2 aliphatic rings. The number of carbonyl (C=O) groups excluding carboxylic acids is 1. The van der Waals surface area contributed by atoms with Gasteiger partial charge in [0.1, 0.15) is 5.82 Å². The fourth-order valence-corrected chi connectivity index (χ4v) is 2.70. The van der Waals surface area contributed by atoms with Crippen LogP contribution in [-0.2, 0) is 9.53 Å². The van der Waals surface area contributed by atoms with Crippen LogP contribution in [0.3, 0.4) is 0 Å². The van der Waals surface area contributed by atoms with E-state index in [-0.39, 0.29) is 17.6 Å². The van der Waals surface area contributed by atoms with Crippen molar-refractivity contribution in [3.05, 3.63) is 35.6 Å². The largest absolute Gasteiger partial charge is 0.378 e. The molecule has 1 saturated heterocycles. The van der Waals surface area contributed by atoms with E-state index in [9.17, 15) is 9.18 Å². The highest BCUT2D eigenvalue weighted by Crippen LogP contribution is 2.43. The molecule has 1 saturated carbocycles. The molecule has 1 aromatic rings. The van der Waals surface area contributed by atoms with E-state index in [2.05, 4.69) is 0 Å². The van der Waals surface area contributed by atoms with E-state index in [1.807, 2.05) is 4.90 Å². The molecule has 2 fully saturated rings. The number of amides is 1. The van der Waals surface area contributed by atoms with Crippen LogP contribution in [0.2, 0.25) is 0 Å². The summed E-state index contributed by atoms with van der Waals surface area (Å²) in [5.74, 6) is 0.258. The van der Waals surface area contributed by atoms with Gasteiger partial charge in [-0.15, -0.1) is 0 Å². The van der Waals surface area contributed by atoms with Crippen molar-refractivity contribution in [1.29, 1.82) is 0 Å². The van der Waals surface area contributed by atoms with Crippen LogP contribution in [0.15, 0.2) is 24.3 Å². The molecule has 1 atom stereocenters. The normalized spacial score (nSPS) is 21.2. The lowest BCUT2D eigenvalue weighted by atomic mass is 9.92. The lowest BCUT2D eigenvalue weighted by Gasteiger charge is -2.30. The number of morpholine rings is 1. The topological polar surface area (TPSA) is 29.5 Å². The Morgan fingerprint density at radius 1 is 1.21 bits per heavy atom. The Balaban J connectivity index is 1.80. The van der Waals surface area contributed by atoms with Crippen LogP contribution in [-0.4, -0.2) is 37.1 Å². The molecule has 1 amide bonds. The second-order valence-electron chi connectivity index (χ2n) is 5.30. The molecule has 0 aromatic heterocycles. The van der Waals surface area contributed by atoms with Crippen molar-refractivity contribution >= 4 is 5.91 Å². The third-order valence-corrected chi connectivity index (χ3v) is 3.91. The summed E-state index contributed by atoms with van der Waals surface area (Å²) in [6, 6.07) is 6.38. The van der Waals surface area contributed by atoms with Gasteiger partial charge in [-0.3, -0.25) is 4.79 Å². The van der Waals surface area contributed by atoms with Crippen molar-refractivity contribution in [1.82, 2.24) is 4.90 Å². The fraction of sp³-hybridized carbons (Fsp3) is 0.533. The Labute approximate surface area is 112 Å². The number of hydrogen-bond donors (Lipinski definition) is 0. The van der Waals surface area contributed by atoms with Gasteiger partial charge in [-0.1, -0.05) is 12.1 Å². The van der Waals surface area contributed by atoms with Crippen molar-refractivity contribution in [3.63, 3.8) is 0 Å². The second-order valence-corrected chi connectivity index (χ2v) is 5.30. The molecule has 4 heteroatoms. The van der Waals surface area contributed by atoms with Gasteiger partial charge >= 0.3 is 0 Å². The molecule has 1 aromatic carbocycles. The number of halogens is 1. The molecule has 1 heterocycles. The van der Waals surface area contributed by atoms with Crippen molar-refractivity contribution < 1.29 is 13.9 Å². The molecule has 19 heavy (non-hydrogen) atoms. The van der Waals surface area contributed by atoms with Crippen LogP contribution in [0.1, 0.15) is 24.3 Å². The van der Waals surface area contributed by atoms with E-state index in [1.165, 1.54) is 12.1 Å². The van der Waals surface area contributed by atoms with Crippen LogP contribution in [0.5, 0.6) is 0 Å². The quantitative estimate of drug-likeness (QED) is 0.836. The third-order valence-electron chi connectivity index (χ3n) is 3.91. The minimum Gasteiger partial charge on any atom is -0.378 e. The Morgan fingerprint density at radius 3 is 2.42 bits per heavy atom. The van der Waals surface area contributed by atoms with E-state index < -0.39 is 0 Å². The summed E-state index contributed by atoms with van der Waals surface area (Å²) in [5.41, 5.74) is 0.945. The molecular weight excluding hydrogens is 245 g/mol. The zero-order valence-electron chi connectivity index (χ0n) is 10.8. The molecule has 0 N–H and O–H groups in total. The Hall–Kier alpha value is -1.42. The maximum atomic E-state index is 13.0. The Bertz CT molecular complexity index is 450. The molecular formula is C15H18FNO2. The van der Waals surface area contributed by atoms with Gasteiger partial charge in [-0.25, -0.2) is 4.39 Å². The van der Waals surface area contributed by atoms with Gasteiger partial charge in [0, 0.05) is 13.1 Å². The van der Waals surface area contributed by atoms with Crippen LogP contribution in [0.25, 0.3) is 0 Å². The first kappa shape index (κ1) is 12.6. The van der Waals surface area contributed by atoms with Gasteiger partial charge in [-0.05, 0) is 36.5 Å².